The Morgan fingerprint density at radius 1 is 1.12 bits per heavy atom. The van der Waals surface area contributed by atoms with Gasteiger partial charge in [0.1, 0.15) is 0 Å². The molecule has 1 atom stereocenters. The molecule has 25 heavy (non-hydrogen) atoms. The number of benzene rings is 2. The van der Waals surface area contributed by atoms with Crippen molar-refractivity contribution in [2.24, 2.45) is 0 Å². The number of fused-ring (bicyclic) bond motifs is 2. The Labute approximate surface area is 154 Å². The number of amides is 2. The van der Waals surface area contributed by atoms with Crippen LogP contribution in [0, 0.1) is 0 Å². The van der Waals surface area contributed by atoms with Gasteiger partial charge in [-0.05, 0) is 54.3 Å². The van der Waals surface area contributed by atoms with Crippen LogP contribution in [0.25, 0.3) is 0 Å². The van der Waals surface area contributed by atoms with Crippen molar-refractivity contribution < 1.29 is 9.59 Å². The first-order valence-corrected chi connectivity index (χ1v) is 9.16. The second-order valence-corrected chi connectivity index (χ2v) is 7.31. The van der Waals surface area contributed by atoms with Crippen molar-refractivity contribution in [1.82, 2.24) is 5.32 Å². The van der Waals surface area contributed by atoms with Gasteiger partial charge in [-0.15, -0.1) is 0 Å². The molecule has 0 unspecified atom stereocenters. The lowest BCUT2D eigenvalue weighted by Gasteiger charge is -2.16. The van der Waals surface area contributed by atoms with E-state index in [0.29, 0.717) is 24.2 Å². The fraction of sp³-hybridized carbons (Fsp3) is 0.263. The van der Waals surface area contributed by atoms with Crippen molar-refractivity contribution in [1.29, 1.82) is 0 Å². The largest absolute Gasteiger partial charge is 0.383 e. The summed E-state index contributed by atoms with van der Waals surface area (Å²) in [4.78, 5) is 24.3. The van der Waals surface area contributed by atoms with Gasteiger partial charge in [-0.25, -0.2) is 0 Å². The molecule has 0 saturated carbocycles. The summed E-state index contributed by atoms with van der Waals surface area (Å²) in [6.45, 7) is 0.563. The van der Waals surface area contributed by atoms with Gasteiger partial charge in [0.2, 0.25) is 5.91 Å². The summed E-state index contributed by atoms with van der Waals surface area (Å²) < 4.78 is 1.03. The van der Waals surface area contributed by atoms with Crippen molar-refractivity contribution in [2.75, 3.05) is 17.2 Å². The highest BCUT2D eigenvalue weighted by Gasteiger charge is 2.25. The Kier molecular flexibility index (Phi) is 4.21. The average molecular weight is 400 g/mol. The zero-order valence-corrected chi connectivity index (χ0v) is 15.2. The molecule has 128 valence electrons. The summed E-state index contributed by atoms with van der Waals surface area (Å²) in [5.74, 6) is -0.116. The molecule has 2 aromatic carbocycles. The van der Waals surface area contributed by atoms with Gasteiger partial charge in [0.25, 0.3) is 5.91 Å². The summed E-state index contributed by atoms with van der Waals surface area (Å²) >= 11 is 3.50. The molecule has 0 fully saturated rings. The number of nitrogens with one attached hydrogen (secondary N) is 3. The van der Waals surface area contributed by atoms with E-state index in [1.807, 2.05) is 6.07 Å². The van der Waals surface area contributed by atoms with Crippen LogP contribution in [0.2, 0.25) is 0 Å². The Balaban J connectivity index is 1.54. The zero-order chi connectivity index (χ0) is 17.4. The normalized spacial score (nSPS) is 18.4. The molecule has 0 aromatic heterocycles. The lowest BCUT2D eigenvalue weighted by Crippen LogP contribution is -2.27. The summed E-state index contributed by atoms with van der Waals surface area (Å²) in [5.41, 5.74) is 4.57. The van der Waals surface area contributed by atoms with Gasteiger partial charge in [-0.1, -0.05) is 22.0 Å². The zero-order valence-electron chi connectivity index (χ0n) is 13.6. The van der Waals surface area contributed by atoms with Crippen molar-refractivity contribution in [3.05, 3.63) is 57.6 Å². The quantitative estimate of drug-likeness (QED) is 0.721. The standard InChI is InChI=1S/C19H18BrN3O2/c20-13-4-1-11-2-5-15(14(11)10-13)23-19(25)12-3-6-16-17(9-12)21-8-7-18(24)22-16/h1,3-4,6,9-10,15,21H,2,5,7-8H2,(H,22,24)(H,23,25)/t15-/m0/s1. The van der Waals surface area contributed by atoms with Gasteiger partial charge in [0.05, 0.1) is 17.4 Å². The summed E-state index contributed by atoms with van der Waals surface area (Å²) in [5, 5.41) is 9.18. The van der Waals surface area contributed by atoms with Gasteiger partial charge in [0, 0.05) is 23.0 Å². The maximum Gasteiger partial charge on any atom is 0.251 e. The smallest absolute Gasteiger partial charge is 0.251 e. The summed E-state index contributed by atoms with van der Waals surface area (Å²) in [7, 11) is 0. The lowest BCUT2D eigenvalue weighted by molar-refractivity contribution is -0.115. The van der Waals surface area contributed by atoms with E-state index in [2.05, 4.69) is 44.0 Å². The van der Waals surface area contributed by atoms with Crippen LogP contribution in [0.15, 0.2) is 40.9 Å². The van der Waals surface area contributed by atoms with Crippen molar-refractivity contribution >= 4 is 39.1 Å². The van der Waals surface area contributed by atoms with E-state index in [-0.39, 0.29) is 17.9 Å². The van der Waals surface area contributed by atoms with Gasteiger partial charge < -0.3 is 16.0 Å². The monoisotopic (exact) mass is 399 g/mol. The Hall–Kier alpha value is -2.34. The number of aryl methyl sites for hydroxylation is 1. The maximum absolute atomic E-state index is 12.7. The molecule has 3 N–H and O–H groups in total. The first-order chi connectivity index (χ1) is 12.1. The molecule has 1 aliphatic heterocycles. The number of carbonyl (C=O) groups is 2. The van der Waals surface area contributed by atoms with Crippen LogP contribution in [0.5, 0.6) is 0 Å². The Morgan fingerprint density at radius 2 is 2.00 bits per heavy atom. The van der Waals surface area contributed by atoms with Crippen LogP contribution in [0.3, 0.4) is 0 Å². The Bertz CT molecular complexity index is 866. The number of halogens is 1. The minimum absolute atomic E-state index is 0.0170. The van der Waals surface area contributed by atoms with Crippen LogP contribution < -0.4 is 16.0 Å². The van der Waals surface area contributed by atoms with E-state index in [9.17, 15) is 9.59 Å². The molecule has 5 nitrogen and oxygen atoms in total. The van der Waals surface area contributed by atoms with Crippen LogP contribution >= 0.6 is 15.9 Å². The van der Waals surface area contributed by atoms with Crippen LogP contribution in [0.4, 0.5) is 11.4 Å². The third-order valence-corrected chi connectivity index (χ3v) is 5.21. The second-order valence-electron chi connectivity index (χ2n) is 6.39. The highest BCUT2D eigenvalue weighted by atomic mass is 79.9. The summed E-state index contributed by atoms with van der Waals surface area (Å²) in [6, 6.07) is 11.6. The van der Waals surface area contributed by atoms with E-state index in [1.54, 1.807) is 18.2 Å². The highest BCUT2D eigenvalue weighted by Crippen LogP contribution is 2.33. The molecule has 4 rings (SSSR count). The minimum Gasteiger partial charge on any atom is -0.383 e. The second kappa shape index (κ2) is 6.52. The first kappa shape index (κ1) is 16.1. The van der Waals surface area contributed by atoms with E-state index in [0.717, 1.165) is 23.0 Å². The van der Waals surface area contributed by atoms with Crippen LogP contribution in [0.1, 0.15) is 40.4 Å². The maximum atomic E-state index is 12.7. The number of anilines is 2. The molecule has 2 aromatic rings. The number of hydrogen-bond donors (Lipinski definition) is 3. The van der Waals surface area contributed by atoms with Gasteiger partial charge in [0.15, 0.2) is 0 Å². The third-order valence-electron chi connectivity index (χ3n) is 4.71. The van der Waals surface area contributed by atoms with E-state index in [1.165, 1.54) is 11.1 Å². The SMILES string of the molecule is O=C1CCNc2cc(C(=O)N[C@H]3CCc4ccc(Br)cc43)ccc2N1. The topological polar surface area (TPSA) is 70.2 Å². The fourth-order valence-electron chi connectivity index (χ4n) is 3.43. The van der Waals surface area contributed by atoms with Gasteiger partial charge in [-0.3, -0.25) is 9.59 Å². The molecule has 1 heterocycles. The molecule has 0 saturated heterocycles. The van der Waals surface area contributed by atoms with Crippen LogP contribution in [-0.2, 0) is 11.2 Å². The predicted molar refractivity (Wildman–Crippen MR) is 101 cm³/mol. The molecule has 6 heteroatoms. The molecule has 0 spiro atoms. The third kappa shape index (κ3) is 3.26. The highest BCUT2D eigenvalue weighted by molar-refractivity contribution is 9.10. The minimum atomic E-state index is -0.0991. The average Bonchev–Trinajstić information content (AvgIpc) is 2.87. The van der Waals surface area contributed by atoms with Gasteiger partial charge >= 0.3 is 0 Å². The lowest BCUT2D eigenvalue weighted by atomic mass is 10.1. The molecule has 0 bridgehead atoms. The Morgan fingerprint density at radius 3 is 2.88 bits per heavy atom. The molecule has 2 aliphatic rings. The van der Waals surface area contributed by atoms with E-state index < -0.39 is 0 Å². The van der Waals surface area contributed by atoms with Crippen molar-refractivity contribution in [2.45, 2.75) is 25.3 Å². The molecule has 2 amide bonds. The number of carbonyl (C=O) groups excluding carboxylic acids is 2. The van der Waals surface area contributed by atoms with E-state index >= 15 is 0 Å². The van der Waals surface area contributed by atoms with Crippen molar-refractivity contribution in [3.8, 4) is 0 Å². The van der Waals surface area contributed by atoms with Crippen LogP contribution in [-0.4, -0.2) is 18.4 Å². The fourth-order valence-corrected chi connectivity index (χ4v) is 3.81. The molecular weight excluding hydrogens is 382 g/mol. The van der Waals surface area contributed by atoms with E-state index in [4.69, 9.17) is 0 Å². The number of rotatable bonds is 2. The van der Waals surface area contributed by atoms with Gasteiger partial charge in [-0.2, -0.15) is 0 Å². The summed E-state index contributed by atoms with van der Waals surface area (Å²) in [6.07, 6.45) is 2.31. The molecule has 1 aliphatic carbocycles. The molecular formula is C19H18BrN3O2. The predicted octanol–water partition coefficient (Wildman–Crippen LogP) is 3.62. The number of hydrogen-bond acceptors (Lipinski definition) is 3. The molecule has 0 radical (unpaired) electrons. The first-order valence-electron chi connectivity index (χ1n) is 8.37. The van der Waals surface area contributed by atoms with Crippen molar-refractivity contribution in [3.63, 3.8) is 0 Å².